The van der Waals surface area contributed by atoms with Gasteiger partial charge in [-0.2, -0.15) is 0 Å². The second-order valence-corrected chi connectivity index (χ2v) is 5.22. The fraction of sp³-hybridized carbons (Fsp3) is 0.0769. The minimum absolute atomic E-state index is 0.293. The number of aromatic carboxylic acids is 1. The van der Waals surface area contributed by atoms with Crippen LogP contribution in [0.2, 0.25) is 0 Å². The SMILES string of the molecule is O=C(O)c1ccc(Sc2ccc(CBr)cn2)cc1. The van der Waals surface area contributed by atoms with E-state index in [-0.39, 0.29) is 0 Å². The average molecular weight is 324 g/mol. The van der Waals surface area contributed by atoms with E-state index in [1.54, 1.807) is 24.3 Å². The maximum Gasteiger partial charge on any atom is 0.335 e. The summed E-state index contributed by atoms with van der Waals surface area (Å²) in [5.74, 6) is -0.911. The van der Waals surface area contributed by atoms with Crippen LogP contribution in [0.15, 0.2) is 52.5 Å². The number of hydrogen-bond donors (Lipinski definition) is 1. The summed E-state index contributed by atoms with van der Waals surface area (Å²) in [6, 6.07) is 10.7. The topological polar surface area (TPSA) is 50.2 Å². The zero-order chi connectivity index (χ0) is 13.0. The normalized spacial score (nSPS) is 10.3. The molecule has 0 saturated carbocycles. The molecule has 0 saturated heterocycles. The van der Waals surface area contributed by atoms with Crippen LogP contribution in [0, 0.1) is 0 Å². The van der Waals surface area contributed by atoms with Crippen molar-refractivity contribution in [3.8, 4) is 0 Å². The molecule has 92 valence electrons. The molecule has 1 aromatic heterocycles. The van der Waals surface area contributed by atoms with E-state index in [0.29, 0.717) is 5.56 Å². The number of nitrogens with zero attached hydrogens (tertiary/aromatic N) is 1. The van der Waals surface area contributed by atoms with E-state index in [2.05, 4.69) is 20.9 Å². The Kier molecular flexibility index (Phi) is 4.38. The summed E-state index contributed by atoms with van der Waals surface area (Å²) in [7, 11) is 0. The quantitative estimate of drug-likeness (QED) is 0.869. The Labute approximate surface area is 117 Å². The Morgan fingerprint density at radius 2 is 1.94 bits per heavy atom. The number of rotatable bonds is 4. The second-order valence-electron chi connectivity index (χ2n) is 3.57. The fourth-order valence-corrected chi connectivity index (χ4v) is 2.42. The highest BCUT2D eigenvalue weighted by atomic mass is 79.9. The minimum atomic E-state index is -0.911. The van der Waals surface area contributed by atoms with Crippen molar-refractivity contribution >= 4 is 33.7 Å². The van der Waals surface area contributed by atoms with Gasteiger partial charge in [0.25, 0.3) is 0 Å². The summed E-state index contributed by atoms with van der Waals surface area (Å²) in [5.41, 5.74) is 1.42. The molecule has 1 N–H and O–H groups in total. The first-order valence-corrected chi connectivity index (χ1v) is 7.15. The molecule has 2 aromatic rings. The van der Waals surface area contributed by atoms with Gasteiger partial charge in [-0.05, 0) is 35.9 Å². The molecule has 0 spiro atoms. The van der Waals surface area contributed by atoms with Gasteiger partial charge in [-0.15, -0.1) is 0 Å². The van der Waals surface area contributed by atoms with Crippen LogP contribution in [0.3, 0.4) is 0 Å². The van der Waals surface area contributed by atoms with Crippen LogP contribution < -0.4 is 0 Å². The summed E-state index contributed by atoms with van der Waals surface area (Å²) in [5, 5.41) is 10.5. The van der Waals surface area contributed by atoms with Gasteiger partial charge in [-0.1, -0.05) is 33.8 Å². The third-order valence-corrected chi connectivity index (χ3v) is 3.88. The maximum atomic E-state index is 10.7. The number of carbonyl (C=O) groups is 1. The van der Waals surface area contributed by atoms with Crippen LogP contribution in [-0.2, 0) is 5.33 Å². The van der Waals surface area contributed by atoms with Crippen LogP contribution in [0.5, 0.6) is 0 Å². The Morgan fingerprint density at radius 1 is 1.22 bits per heavy atom. The van der Waals surface area contributed by atoms with Gasteiger partial charge in [0.15, 0.2) is 0 Å². The lowest BCUT2D eigenvalue weighted by Gasteiger charge is -2.02. The lowest BCUT2D eigenvalue weighted by molar-refractivity contribution is 0.0697. The molecule has 18 heavy (non-hydrogen) atoms. The molecular formula is C13H10BrNO2S. The molecule has 1 heterocycles. The first-order chi connectivity index (χ1) is 8.69. The van der Waals surface area contributed by atoms with Crippen LogP contribution in [0.4, 0.5) is 0 Å². The van der Waals surface area contributed by atoms with Crippen LogP contribution in [0.25, 0.3) is 0 Å². The third-order valence-electron chi connectivity index (χ3n) is 2.28. The molecular weight excluding hydrogens is 314 g/mol. The van der Waals surface area contributed by atoms with Crippen molar-refractivity contribution in [3.63, 3.8) is 0 Å². The predicted octanol–water partition coefficient (Wildman–Crippen LogP) is 3.83. The first kappa shape index (κ1) is 13.1. The highest BCUT2D eigenvalue weighted by Crippen LogP contribution is 2.26. The number of benzene rings is 1. The number of pyridine rings is 1. The Hall–Kier alpha value is -1.33. The molecule has 0 fully saturated rings. The highest BCUT2D eigenvalue weighted by Gasteiger charge is 2.03. The van der Waals surface area contributed by atoms with E-state index >= 15 is 0 Å². The number of alkyl halides is 1. The summed E-state index contributed by atoms with van der Waals surface area (Å²) in [6.07, 6.45) is 1.82. The van der Waals surface area contributed by atoms with Crippen molar-refractivity contribution in [3.05, 3.63) is 53.7 Å². The third kappa shape index (κ3) is 3.34. The zero-order valence-corrected chi connectivity index (χ0v) is 11.7. The second kappa shape index (κ2) is 6.02. The molecule has 0 aliphatic carbocycles. The predicted molar refractivity (Wildman–Crippen MR) is 74.4 cm³/mol. The summed E-state index contributed by atoms with van der Waals surface area (Å²) < 4.78 is 0. The highest BCUT2D eigenvalue weighted by molar-refractivity contribution is 9.08. The van der Waals surface area contributed by atoms with Crippen molar-refractivity contribution in [2.45, 2.75) is 15.3 Å². The lowest BCUT2D eigenvalue weighted by atomic mass is 10.2. The molecule has 0 aliphatic heterocycles. The van der Waals surface area contributed by atoms with Crippen molar-refractivity contribution in [1.82, 2.24) is 4.98 Å². The van der Waals surface area contributed by atoms with E-state index in [0.717, 1.165) is 20.8 Å². The van der Waals surface area contributed by atoms with E-state index in [9.17, 15) is 4.79 Å². The van der Waals surface area contributed by atoms with Crippen molar-refractivity contribution in [2.75, 3.05) is 0 Å². The van der Waals surface area contributed by atoms with Gasteiger partial charge in [0, 0.05) is 16.4 Å². The van der Waals surface area contributed by atoms with Crippen molar-refractivity contribution in [2.24, 2.45) is 0 Å². The monoisotopic (exact) mass is 323 g/mol. The first-order valence-electron chi connectivity index (χ1n) is 5.21. The minimum Gasteiger partial charge on any atom is -0.478 e. The van der Waals surface area contributed by atoms with E-state index in [4.69, 9.17) is 5.11 Å². The van der Waals surface area contributed by atoms with E-state index in [1.807, 2.05) is 18.3 Å². The number of carboxylic acid groups (broad SMARTS) is 1. The number of carboxylic acids is 1. The van der Waals surface area contributed by atoms with Gasteiger partial charge >= 0.3 is 5.97 Å². The van der Waals surface area contributed by atoms with E-state index < -0.39 is 5.97 Å². The standard InChI is InChI=1S/C13H10BrNO2S/c14-7-9-1-6-12(15-8-9)18-11-4-2-10(3-5-11)13(16)17/h1-6,8H,7H2,(H,16,17). The molecule has 0 amide bonds. The van der Waals surface area contributed by atoms with Gasteiger partial charge in [0.1, 0.15) is 5.03 Å². The Morgan fingerprint density at radius 3 is 2.44 bits per heavy atom. The molecule has 3 nitrogen and oxygen atoms in total. The summed E-state index contributed by atoms with van der Waals surface area (Å²) in [6.45, 7) is 0. The fourth-order valence-electron chi connectivity index (χ4n) is 1.34. The molecule has 0 unspecified atom stereocenters. The number of hydrogen-bond acceptors (Lipinski definition) is 3. The van der Waals surface area contributed by atoms with E-state index in [1.165, 1.54) is 11.8 Å². The molecule has 1 aromatic carbocycles. The van der Waals surface area contributed by atoms with Crippen LogP contribution >= 0.6 is 27.7 Å². The number of aromatic nitrogens is 1. The van der Waals surface area contributed by atoms with Gasteiger partial charge in [-0.25, -0.2) is 9.78 Å². The lowest BCUT2D eigenvalue weighted by Crippen LogP contribution is -1.94. The largest absolute Gasteiger partial charge is 0.478 e. The zero-order valence-electron chi connectivity index (χ0n) is 9.34. The number of halogens is 1. The molecule has 0 radical (unpaired) electrons. The average Bonchev–Trinajstić information content (AvgIpc) is 2.40. The molecule has 0 aliphatic rings. The Balaban J connectivity index is 2.10. The van der Waals surface area contributed by atoms with Gasteiger partial charge in [0.05, 0.1) is 5.56 Å². The van der Waals surface area contributed by atoms with Gasteiger partial charge < -0.3 is 5.11 Å². The van der Waals surface area contributed by atoms with Crippen LogP contribution in [0.1, 0.15) is 15.9 Å². The van der Waals surface area contributed by atoms with Crippen molar-refractivity contribution in [1.29, 1.82) is 0 Å². The molecule has 0 atom stereocenters. The summed E-state index contributed by atoms with van der Waals surface area (Å²) >= 11 is 4.88. The van der Waals surface area contributed by atoms with Gasteiger partial charge in [-0.3, -0.25) is 0 Å². The maximum absolute atomic E-state index is 10.7. The summed E-state index contributed by atoms with van der Waals surface area (Å²) in [4.78, 5) is 16.0. The van der Waals surface area contributed by atoms with Crippen LogP contribution in [-0.4, -0.2) is 16.1 Å². The Bertz CT molecular complexity index is 540. The van der Waals surface area contributed by atoms with Crippen molar-refractivity contribution < 1.29 is 9.90 Å². The van der Waals surface area contributed by atoms with Gasteiger partial charge in [0.2, 0.25) is 0 Å². The molecule has 5 heteroatoms. The molecule has 0 bridgehead atoms. The smallest absolute Gasteiger partial charge is 0.335 e. The molecule has 2 rings (SSSR count).